The zero-order valence-corrected chi connectivity index (χ0v) is 24.7. The Morgan fingerprint density at radius 2 is 0.864 bits per heavy atom. The molecule has 248 valence electrons. The van der Waals surface area contributed by atoms with Crippen molar-refractivity contribution in [2.45, 2.75) is 96.1 Å². The Labute approximate surface area is 251 Å². The second kappa shape index (κ2) is 17.8. The molecule has 5 N–H and O–H groups in total. The Hall–Kier alpha value is -3.33. The van der Waals surface area contributed by atoms with Crippen molar-refractivity contribution in [3.63, 3.8) is 0 Å². The molecule has 0 aromatic heterocycles. The minimum Gasteiger partial charge on any atom is -0.481 e. The maximum Gasteiger partial charge on any atom is 0.454 e. The molecule has 0 heterocycles. The molecule has 0 radical (unpaired) electrons. The summed E-state index contributed by atoms with van der Waals surface area (Å²) in [6, 6.07) is 10.7. The fraction of sp³-hybridized carbons (Fsp3) is 0.500. The van der Waals surface area contributed by atoms with E-state index in [0.717, 1.165) is 19.1 Å². The monoisotopic (exact) mass is 640 g/mol. The van der Waals surface area contributed by atoms with Gasteiger partial charge in [0.15, 0.2) is 0 Å². The van der Waals surface area contributed by atoms with Gasteiger partial charge in [0.05, 0.1) is 24.4 Å². The Morgan fingerprint density at radius 1 is 0.614 bits per heavy atom. The lowest BCUT2D eigenvalue weighted by atomic mass is 9.87. The number of carboxylic acids is 1. The molecular weight excluding hydrogens is 602 g/mol. The molecule has 8 nitrogen and oxygen atoms in total. The van der Waals surface area contributed by atoms with Crippen LogP contribution in [0.1, 0.15) is 91.1 Å². The topological polar surface area (TPSA) is 152 Å². The van der Waals surface area contributed by atoms with Crippen molar-refractivity contribution in [2.75, 3.05) is 0 Å². The van der Waals surface area contributed by atoms with Gasteiger partial charge >= 0.3 is 12.4 Å². The van der Waals surface area contributed by atoms with E-state index in [4.69, 9.17) is 9.90 Å². The maximum atomic E-state index is 12.5. The van der Waals surface area contributed by atoms with Gasteiger partial charge in [-0.25, -0.2) is 0 Å². The van der Waals surface area contributed by atoms with Crippen LogP contribution < -0.4 is 0 Å². The van der Waals surface area contributed by atoms with Crippen LogP contribution in [0, 0.1) is 0 Å². The average Bonchev–Trinajstić information content (AvgIpc) is 2.89. The van der Waals surface area contributed by atoms with E-state index in [1.54, 1.807) is 0 Å². The molecule has 2 rings (SSSR count). The summed E-state index contributed by atoms with van der Waals surface area (Å²) in [6.07, 6.45) is -13.5. The van der Waals surface area contributed by atoms with Crippen LogP contribution in [0.25, 0.3) is 0 Å². The predicted octanol–water partition coefficient (Wildman–Crippen LogP) is 5.42. The van der Waals surface area contributed by atoms with E-state index in [2.05, 4.69) is 0 Å². The van der Waals surface area contributed by atoms with Crippen LogP contribution in [0.15, 0.2) is 48.5 Å². The smallest absolute Gasteiger partial charge is 0.454 e. The van der Waals surface area contributed by atoms with Gasteiger partial charge in [0.25, 0.3) is 17.5 Å². The van der Waals surface area contributed by atoms with Crippen molar-refractivity contribution in [2.24, 2.45) is 0 Å². The maximum absolute atomic E-state index is 12.5. The lowest BCUT2D eigenvalue weighted by molar-refractivity contribution is -0.134. The molecule has 2 aromatic carbocycles. The number of hydrogen-bond donors (Lipinski definition) is 5. The molecular formula is C30H38F6O8. The highest BCUT2D eigenvalue weighted by molar-refractivity contribution is 6.02. The number of rotatable bonds is 10. The number of alkyl halides is 6. The molecule has 0 bridgehead atoms. The van der Waals surface area contributed by atoms with Crippen LogP contribution in [0.3, 0.4) is 0 Å². The highest BCUT2D eigenvalue weighted by Crippen LogP contribution is 2.31. The highest BCUT2D eigenvalue weighted by Gasteiger charge is 2.42. The predicted molar refractivity (Wildman–Crippen MR) is 148 cm³/mol. The van der Waals surface area contributed by atoms with Gasteiger partial charge in [-0.2, -0.15) is 26.3 Å². The summed E-state index contributed by atoms with van der Waals surface area (Å²) < 4.78 is 75.2. The molecule has 2 aromatic rings. The lowest BCUT2D eigenvalue weighted by Crippen LogP contribution is -2.27. The van der Waals surface area contributed by atoms with Gasteiger partial charge in [-0.3, -0.25) is 14.4 Å². The molecule has 0 amide bonds. The van der Waals surface area contributed by atoms with Crippen LogP contribution in [-0.4, -0.2) is 79.8 Å². The van der Waals surface area contributed by atoms with Gasteiger partial charge in [-0.05, 0) is 37.8 Å². The first-order chi connectivity index (χ1) is 20.0. The van der Waals surface area contributed by atoms with Gasteiger partial charge in [0.2, 0.25) is 0 Å². The van der Waals surface area contributed by atoms with E-state index < -0.39 is 77.3 Å². The van der Waals surface area contributed by atoms with Crippen molar-refractivity contribution in [1.82, 2.24) is 0 Å². The summed E-state index contributed by atoms with van der Waals surface area (Å²) in [5, 5.41) is 45.7. The summed E-state index contributed by atoms with van der Waals surface area (Å²) in [6.45, 7) is 7.08. The minimum absolute atomic E-state index is 0.0235. The standard InChI is InChI=1S/2C14H17F3O3.C2H4O2/c2*1-8(18)7-12(19)9(2)10-5-3-4-6-11(10)13(20)14(15,16)17;1-2(3)4/h2*3-6,8-9,12,18-19H,7H2,1-2H3;1H3,(H,3,4). The Bertz CT molecular complexity index is 1120. The Kier molecular flexibility index (Phi) is 16.5. The average molecular weight is 641 g/mol. The summed E-state index contributed by atoms with van der Waals surface area (Å²) in [4.78, 5) is 31.8. The number of benzene rings is 2. The molecule has 0 saturated heterocycles. The Morgan fingerprint density at radius 3 is 1.09 bits per heavy atom. The quantitative estimate of drug-likeness (QED) is 0.171. The summed E-state index contributed by atoms with van der Waals surface area (Å²) >= 11 is 0. The number of carbonyl (C=O) groups excluding carboxylic acids is 2. The molecule has 6 unspecified atom stereocenters. The summed E-state index contributed by atoms with van der Waals surface area (Å²) in [5.41, 5.74) is -0.666. The number of carbonyl (C=O) groups is 3. The number of aliphatic hydroxyl groups excluding tert-OH is 4. The van der Waals surface area contributed by atoms with Crippen LogP contribution in [-0.2, 0) is 4.79 Å². The first-order valence-electron chi connectivity index (χ1n) is 13.3. The minimum atomic E-state index is -4.95. The number of carboxylic acid groups (broad SMARTS) is 1. The number of hydrogen-bond acceptors (Lipinski definition) is 7. The fourth-order valence-corrected chi connectivity index (χ4v) is 4.03. The molecule has 6 atom stereocenters. The number of Topliss-reactive ketones (excluding diaryl/α,β-unsaturated/α-hetero) is 2. The van der Waals surface area contributed by atoms with Crippen molar-refractivity contribution in [1.29, 1.82) is 0 Å². The third kappa shape index (κ3) is 14.0. The van der Waals surface area contributed by atoms with Crippen LogP contribution >= 0.6 is 0 Å². The van der Waals surface area contributed by atoms with E-state index >= 15 is 0 Å². The number of ketones is 2. The first-order valence-corrected chi connectivity index (χ1v) is 13.3. The summed E-state index contributed by atoms with van der Waals surface area (Å²) in [7, 11) is 0. The molecule has 0 fully saturated rings. The lowest BCUT2D eigenvalue weighted by Gasteiger charge is -2.22. The van der Waals surface area contributed by atoms with E-state index in [-0.39, 0.29) is 24.0 Å². The molecule has 0 aliphatic carbocycles. The van der Waals surface area contributed by atoms with E-state index in [9.17, 15) is 56.4 Å². The first kappa shape index (κ1) is 40.7. The highest BCUT2D eigenvalue weighted by atomic mass is 19.4. The molecule has 0 aliphatic rings. The van der Waals surface area contributed by atoms with Gasteiger partial charge in [0, 0.05) is 29.9 Å². The van der Waals surface area contributed by atoms with Crippen molar-refractivity contribution in [3.8, 4) is 0 Å². The van der Waals surface area contributed by atoms with Crippen LogP contribution in [0.4, 0.5) is 26.3 Å². The number of halogens is 6. The largest absolute Gasteiger partial charge is 0.481 e. The molecule has 0 spiro atoms. The molecule has 44 heavy (non-hydrogen) atoms. The molecule has 14 heteroatoms. The number of aliphatic hydroxyl groups is 4. The van der Waals surface area contributed by atoms with Crippen LogP contribution in [0.2, 0.25) is 0 Å². The van der Waals surface area contributed by atoms with Gasteiger partial charge < -0.3 is 25.5 Å². The zero-order chi connectivity index (χ0) is 34.6. The van der Waals surface area contributed by atoms with Crippen molar-refractivity contribution in [3.05, 3.63) is 70.8 Å². The fourth-order valence-electron chi connectivity index (χ4n) is 4.03. The second-order valence-corrected chi connectivity index (χ2v) is 10.2. The van der Waals surface area contributed by atoms with Crippen molar-refractivity contribution < 1.29 is 66.3 Å². The van der Waals surface area contributed by atoms with Gasteiger partial charge in [-0.15, -0.1) is 0 Å². The van der Waals surface area contributed by atoms with E-state index in [0.29, 0.717) is 0 Å². The summed E-state index contributed by atoms with van der Waals surface area (Å²) in [5.74, 6) is -6.06. The number of aliphatic carboxylic acids is 1. The molecule has 0 aliphatic heterocycles. The SMILES string of the molecule is CC(=O)O.CC(O)CC(O)C(C)c1ccccc1C(=O)C(F)(F)F.CC(O)CC(O)C(C)c1ccccc1C(=O)C(F)(F)F. The molecule has 0 saturated carbocycles. The Balaban J connectivity index is 0.000000749. The van der Waals surface area contributed by atoms with Crippen LogP contribution in [0.5, 0.6) is 0 Å². The van der Waals surface area contributed by atoms with Gasteiger partial charge in [0.1, 0.15) is 0 Å². The third-order valence-electron chi connectivity index (χ3n) is 6.23. The second-order valence-electron chi connectivity index (χ2n) is 10.2. The van der Waals surface area contributed by atoms with Gasteiger partial charge in [-0.1, -0.05) is 62.4 Å². The van der Waals surface area contributed by atoms with Crippen molar-refractivity contribution >= 4 is 17.5 Å². The zero-order valence-electron chi connectivity index (χ0n) is 24.7. The van der Waals surface area contributed by atoms with E-state index in [1.807, 2.05) is 0 Å². The third-order valence-corrected chi connectivity index (χ3v) is 6.23. The van der Waals surface area contributed by atoms with E-state index in [1.165, 1.54) is 64.1 Å². The normalized spacial score (nSPS) is 15.6.